The lowest BCUT2D eigenvalue weighted by atomic mass is 10.4. The molecule has 0 amide bonds. The number of hydrogen-bond acceptors (Lipinski definition) is 7. The van der Waals surface area contributed by atoms with E-state index in [1.807, 2.05) is 17.8 Å². The summed E-state index contributed by atoms with van der Waals surface area (Å²) in [6.07, 6.45) is 2.63. The standard InChI is InChI=1S/C14H19N5S2/c1-2-14-18-11(9-21-14)8-15-12-7-13(17-10-16-12)19-3-5-20-6-4-19/h7,9-10H,2-6,8H2,1H3,(H,15,16,17). The maximum absolute atomic E-state index is 4.56. The first kappa shape index (κ1) is 14.6. The third-order valence-electron chi connectivity index (χ3n) is 3.34. The topological polar surface area (TPSA) is 53.9 Å². The fraction of sp³-hybridized carbons (Fsp3) is 0.500. The van der Waals surface area contributed by atoms with Crippen molar-refractivity contribution in [3.05, 3.63) is 28.5 Å². The molecule has 21 heavy (non-hydrogen) atoms. The Morgan fingerprint density at radius 1 is 1.29 bits per heavy atom. The highest BCUT2D eigenvalue weighted by Gasteiger charge is 2.13. The maximum Gasteiger partial charge on any atom is 0.134 e. The van der Waals surface area contributed by atoms with Crippen molar-refractivity contribution < 1.29 is 0 Å². The van der Waals surface area contributed by atoms with E-state index < -0.39 is 0 Å². The number of rotatable bonds is 5. The van der Waals surface area contributed by atoms with Crippen molar-refractivity contribution in [2.75, 3.05) is 34.8 Å². The molecule has 0 atom stereocenters. The summed E-state index contributed by atoms with van der Waals surface area (Å²) in [5.41, 5.74) is 1.08. The van der Waals surface area contributed by atoms with Gasteiger partial charge in [-0.2, -0.15) is 11.8 Å². The van der Waals surface area contributed by atoms with E-state index in [1.54, 1.807) is 17.7 Å². The molecule has 7 heteroatoms. The third kappa shape index (κ3) is 3.85. The van der Waals surface area contributed by atoms with Crippen LogP contribution in [0, 0.1) is 0 Å². The molecule has 0 saturated carbocycles. The van der Waals surface area contributed by atoms with Gasteiger partial charge in [0.25, 0.3) is 0 Å². The monoisotopic (exact) mass is 321 g/mol. The van der Waals surface area contributed by atoms with Gasteiger partial charge in [-0.15, -0.1) is 11.3 Å². The second-order valence-electron chi connectivity index (χ2n) is 4.80. The van der Waals surface area contributed by atoms with Crippen molar-refractivity contribution in [2.24, 2.45) is 0 Å². The normalized spacial score (nSPS) is 15.2. The van der Waals surface area contributed by atoms with Crippen molar-refractivity contribution in [2.45, 2.75) is 19.9 Å². The number of hydrogen-bond donors (Lipinski definition) is 1. The van der Waals surface area contributed by atoms with E-state index in [-0.39, 0.29) is 0 Å². The Hall–Kier alpha value is -1.34. The quantitative estimate of drug-likeness (QED) is 0.914. The molecule has 0 aromatic carbocycles. The minimum absolute atomic E-state index is 0.711. The van der Waals surface area contributed by atoms with Crippen LogP contribution < -0.4 is 10.2 Å². The van der Waals surface area contributed by atoms with Crippen molar-refractivity contribution in [3.8, 4) is 0 Å². The van der Waals surface area contributed by atoms with Crippen LogP contribution in [0.25, 0.3) is 0 Å². The van der Waals surface area contributed by atoms with Crippen LogP contribution in [0.4, 0.5) is 11.6 Å². The van der Waals surface area contributed by atoms with Crippen LogP contribution in [0.5, 0.6) is 0 Å². The lowest BCUT2D eigenvalue weighted by molar-refractivity contribution is 0.834. The van der Waals surface area contributed by atoms with Gasteiger partial charge in [0.2, 0.25) is 0 Å². The highest BCUT2D eigenvalue weighted by Crippen LogP contribution is 2.19. The minimum Gasteiger partial charge on any atom is -0.364 e. The summed E-state index contributed by atoms with van der Waals surface area (Å²) in [6.45, 7) is 4.96. The van der Waals surface area contributed by atoms with E-state index in [2.05, 4.69) is 37.5 Å². The highest BCUT2D eigenvalue weighted by molar-refractivity contribution is 7.99. The molecular formula is C14H19N5S2. The van der Waals surface area contributed by atoms with E-state index in [4.69, 9.17) is 0 Å². The number of thiazole rings is 1. The lowest BCUT2D eigenvalue weighted by Crippen LogP contribution is -2.33. The Morgan fingerprint density at radius 2 is 2.14 bits per heavy atom. The van der Waals surface area contributed by atoms with Gasteiger partial charge in [0.05, 0.1) is 17.2 Å². The fourth-order valence-electron chi connectivity index (χ4n) is 2.18. The predicted molar refractivity (Wildman–Crippen MR) is 90.4 cm³/mol. The summed E-state index contributed by atoms with van der Waals surface area (Å²) in [6, 6.07) is 2.03. The van der Waals surface area contributed by atoms with Gasteiger partial charge in [0.15, 0.2) is 0 Å². The van der Waals surface area contributed by atoms with Crippen molar-refractivity contribution in [3.63, 3.8) is 0 Å². The van der Waals surface area contributed by atoms with Crippen LogP contribution in [-0.4, -0.2) is 39.5 Å². The average molecular weight is 321 g/mol. The molecule has 2 aromatic heterocycles. The van der Waals surface area contributed by atoms with Gasteiger partial charge in [0.1, 0.15) is 18.0 Å². The SMILES string of the molecule is CCc1nc(CNc2cc(N3CCSCC3)ncn2)cs1. The molecule has 1 aliphatic heterocycles. The van der Waals surface area contributed by atoms with E-state index in [9.17, 15) is 0 Å². The van der Waals surface area contributed by atoms with E-state index in [0.29, 0.717) is 6.54 Å². The third-order valence-corrected chi connectivity index (χ3v) is 5.32. The van der Waals surface area contributed by atoms with E-state index in [1.165, 1.54) is 16.5 Å². The largest absolute Gasteiger partial charge is 0.364 e. The van der Waals surface area contributed by atoms with Gasteiger partial charge in [-0.05, 0) is 6.42 Å². The number of nitrogens with zero attached hydrogens (tertiary/aromatic N) is 4. The molecular weight excluding hydrogens is 302 g/mol. The Bertz CT molecular complexity index is 580. The van der Waals surface area contributed by atoms with Crippen molar-refractivity contribution in [1.29, 1.82) is 0 Å². The first-order valence-electron chi connectivity index (χ1n) is 7.17. The second-order valence-corrected chi connectivity index (χ2v) is 6.97. The second kappa shape index (κ2) is 7.09. The predicted octanol–water partition coefficient (Wildman–Crippen LogP) is 2.66. The molecule has 0 aliphatic carbocycles. The van der Waals surface area contributed by atoms with Gasteiger partial charge in [-0.25, -0.2) is 15.0 Å². The van der Waals surface area contributed by atoms with Crippen LogP contribution in [0.15, 0.2) is 17.8 Å². The van der Waals surface area contributed by atoms with Crippen LogP contribution in [0.3, 0.4) is 0 Å². The van der Waals surface area contributed by atoms with Crippen molar-refractivity contribution >= 4 is 34.7 Å². The molecule has 3 rings (SSSR count). The summed E-state index contributed by atoms with van der Waals surface area (Å²) in [5.74, 6) is 4.22. The molecule has 5 nitrogen and oxygen atoms in total. The molecule has 1 saturated heterocycles. The molecule has 2 aromatic rings. The fourth-order valence-corrected chi connectivity index (χ4v) is 3.83. The van der Waals surface area contributed by atoms with Crippen LogP contribution in [0.1, 0.15) is 17.6 Å². The molecule has 1 fully saturated rings. The lowest BCUT2D eigenvalue weighted by Gasteiger charge is -2.27. The summed E-state index contributed by atoms with van der Waals surface area (Å²) < 4.78 is 0. The minimum atomic E-state index is 0.711. The van der Waals surface area contributed by atoms with Crippen LogP contribution in [0.2, 0.25) is 0 Å². The van der Waals surface area contributed by atoms with E-state index >= 15 is 0 Å². The zero-order chi connectivity index (χ0) is 14.5. The Kier molecular flexibility index (Phi) is 4.92. The molecule has 0 unspecified atom stereocenters. The number of thioether (sulfide) groups is 1. The van der Waals surface area contributed by atoms with Gasteiger partial charge in [-0.3, -0.25) is 0 Å². The number of nitrogens with one attached hydrogen (secondary N) is 1. The molecule has 0 bridgehead atoms. The molecule has 1 N–H and O–H groups in total. The molecule has 0 radical (unpaired) electrons. The summed E-state index contributed by atoms with van der Waals surface area (Å²) in [5, 5.41) is 6.63. The first-order valence-corrected chi connectivity index (χ1v) is 9.20. The zero-order valence-electron chi connectivity index (χ0n) is 12.1. The van der Waals surface area contributed by atoms with Gasteiger partial charge in [0, 0.05) is 36.0 Å². The summed E-state index contributed by atoms with van der Waals surface area (Å²) in [4.78, 5) is 15.6. The van der Waals surface area contributed by atoms with Gasteiger partial charge in [-0.1, -0.05) is 6.92 Å². The number of aryl methyl sites for hydroxylation is 1. The Morgan fingerprint density at radius 3 is 2.90 bits per heavy atom. The highest BCUT2D eigenvalue weighted by atomic mass is 32.2. The Labute approximate surface area is 133 Å². The Balaban J connectivity index is 1.62. The first-order chi connectivity index (χ1) is 10.3. The molecule has 0 spiro atoms. The zero-order valence-corrected chi connectivity index (χ0v) is 13.7. The maximum atomic E-state index is 4.56. The number of aromatic nitrogens is 3. The van der Waals surface area contributed by atoms with Gasteiger partial charge >= 0.3 is 0 Å². The average Bonchev–Trinajstić information content (AvgIpc) is 3.02. The van der Waals surface area contributed by atoms with Crippen molar-refractivity contribution in [1.82, 2.24) is 15.0 Å². The summed E-state index contributed by atoms with van der Waals surface area (Å²) in [7, 11) is 0. The number of anilines is 2. The molecule has 1 aliphatic rings. The smallest absolute Gasteiger partial charge is 0.134 e. The summed E-state index contributed by atoms with van der Waals surface area (Å²) >= 11 is 3.72. The van der Waals surface area contributed by atoms with Gasteiger partial charge < -0.3 is 10.2 Å². The van der Waals surface area contributed by atoms with Crippen LogP contribution >= 0.6 is 23.1 Å². The van der Waals surface area contributed by atoms with Crippen LogP contribution in [-0.2, 0) is 13.0 Å². The molecule has 3 heterocycles. The molecule has 112 valence electrons. The van der Waals surface area contributed by atoms with E-state index in [0.717, 1.165) is 36.8 Å².